The van der Waals surface area contributed by atoms with Crippen molar-refractivity contribution in [3.05, 3.63) is 29.8 Å². The van der Waals surface area contributed by atoms with Crippen molar-refractivity contribution < 1.29 is 0 Å². The minimum atomic E-state index is 0. The van der Waals surface area contributed by atoms with Crippen LogP contribution in [-0.2, 0) is 6.42 Å². The fraction of sp³-hybridized carbons (Fsp3) is 0.588. The Hall–Kier alpha value is -0.980. The minimum Gasteiger partial charge on any atom is -0.378 e. The lowest BCUT2D eigenvalue weighted by atomic mass is 10.1. The summed E-state index contributed by atoms with van der Waals surface area (Å²) in [7, 11) is 4.14. The quantitative estimate of drug-likeness (QED) is 0.311. The zero-order valence-electron chi connectivity index (χ0n) is 13.9. The second-order valence-electron chi connectivity index (χ2n) is 5.84. The molecule has 1 aromatic carbocycles. The van der Waals surface area contributed by atoms with Crippen molar-refractivity contribution in [2.45, 2.75) is 38.6 Å². The standard InChI is InChI=1S/C17H28N4.HI/c1-4-18-17(20-15-9-10-15)19-13-5-6-14-7-11-16(12-8-14)21(2)3;/h7-8,11-12,15H,4-6,9-10,13H2,1-3H3,(H2,18,19,20);1H. The smallest absolute Gasteiger partial charge is 0.191 e. The van der Waals surface area contributed by atoms with E-state index in [-0.39, 0.29) is 24.0 Å². The summed E-state index contributed by atoms with van der Waals surface area (Å²) < 4.78 is 0. The number of halogens is 1. The molecule has 1 saturated carbocycles. The maximum absolute atomic E-state index is 4.64. The fourth-order valence-corrected chi connectivity index (χ4v) is 2.18. The van der Waals surface area contributed by atoms with Gasteiger partial charge in [0.15, 0.2) is 5.96 Å². The van der Waals surface area contributed by atoms with Crippen LogP contribution in [0.5, 0.6) is 0 Å². The van der Waals surface area contributed by atoms with Gasteiger partial charge in [0.2, 0.25) is 0 Å². The molecule has 1 aromatic rings. The van der Waals surface area contributed by atoms with Crippen molar-refractivity contribution in [2.75, 3.05) is 32.1 Å². The van der Waals surface area contributed by atoms with Crippen LogP contribution >= 0.6 is 24.0 Å². The van der Waals surface area contributed by atoms with Gasteiger partial charge in [0.25, 0.3) is 0 Å². The summed E-state index contributed by atoms with van der Waals surface area (Å²) in [6, 6.07) is 9.44. The van der Waals surface area contributed by atoms with E-state index in [1.165, 1.54) is 24.1 Å². The summed E-state index contributed by atoms with van der Waals surface area (Å²) in [5.74, 6) is 0.975. The van der Waals surface area contributed by atoms with Crippen LogP contribution in [0.25, 0.3) is 0 Å². The number of aliphatic imine (C=N–C) groups is 1. The van der Waals surface area contributed by atoms with Crippen molar-refractivity contribution in [3.8, 4) is 0 Å². The van der Waals surface area contributed by atoms with Gasteiger partial charge < -0.3 is 15.5 Å². The zero-order valence-corrected chi connectivity index (χ0v) is 16.3. The van der Waals surface area contributed by atoms with Gasteiger partial charge in [-0.05, 0) is 50.3 Å². The molecule has 1 aliphatic carbocycles. The lowest BCUT2D eigenvalue weighted by molar-refractivity contribution is 0.782. The predicted molar refractivity (Wildman–Crippen MR) is 107 cm³/mol. The maximum Gasteiger partial charge on any atom is 0.191 e. The molecular weight excluding hydrogens is 387 g/mol. The van der Waals surface area contributed by atoms with Gasteiger partial charge >= 0.3 is 0 Å². The monoisotopic (exact) mass is 416 g/mol. The molecule has 4 nitrogen and oxygen atoms in total. The molecule has 0 aromatic heterocycles. The molecule has 124 valence electrons. The molecule has 1 aliphatic rings. The highest BCUT2D eigenvalue weighted by molar-refractivity contribution is 14.0. The van der Waals surface area contributed by atoms with E-state index in [4.69, 9.17) is 0 Å². The summed E-state index contributed by atoms with van der Waals surface area (Å²) in [6.07, 6.45) is 4.73. The lowest BCUT2D eigenvalue weighted by Gasteiger charge is -2.12. The van der Waals surface area contributed by atoms with E-state index in [1.807, 2.05) is 0 Å². The number of nitrogens with zero attached hydrogens (tertiary/aromatic N) is 2. The lowest BCUT2D eigenvalue weighted by Crippen LogP contribution is -2.38. The van der Waals surface area contributed by atoms with Gasteiger partial charge in [-0.3, -0.25) is 4.99 Å². The average Bonchev–Trinajstić information content (AvgIpc) is 3.28. The van der Waals surface area contributed by atoms with Crippen molar-refractivity contribution in [1.82, 2.24) is 10.6 Å². The van der Waals surface area contributed by atoms with Crippen molar-refractivity contribution in [1.29, 1.82) is 0 Å². The van der Waals surface area contributed by atoms with Crippen molar-refractivity contribution in [2.24, 2.45) is 4.99 Å². The Morgan fingerprint density at radius 2 is 1.91 bits per heavy atom. The van der Waals surface area contributed by atoms with Crippen LogP contribution in [0.3, 0.4) is 0 Å². The molecule has 0 bridgehead atoms. The largest absolute Gasteiger partial charge is 0.378 e. The first-order valence-corrected chi connectivity index (χ1v) is 8.00. The Kier molecular flexibility index (Phi) is 8.60. The number of nitrogens with one attached hydrogen (secondary N) is 2. The molecule has 0 amide bonds. The van der Waals surface area contributed by atoms with Crippen LogP contribution in [0.2, 0.25) is 0 Å². The Balaban J connectivity index is 0.00000242. The van der Waals surface area contributed by atoms with Gasteiger partial charge in [0, 0.05) is 38.9 Å². The highest BCUT2D eigenvalue weighted by Crippen LogP contribution is 2.18. The Labute approximate surface area is 151 Å². The average molecular weight is 416 g/mol. The van der Waals surface area contributed by atoms with Crippen LogP contribution in [0.1, 0.15) is 31.7 Å². The number of anilines is 1. The summed E-state index contributed by atoms with van der Waals surface area (Å²) in [5.41, 5.74) is 2.63. The molecule has 0 heterocycles. The molecule has 2 N–H and O–H groups in total. The highest BCUT2D eigenvalue weighted by Gasteiger charge is 2.21. The van der Waals surface area contributed by atoms with E-state index in [1.54, 1.807) is 0 Å². The van der Waals surface area contributed by atoms with E-state index < -0.39 is 0 Å². The molecule has 2 rings (SSSR count). The first-order valence-electron chi connectivity index (χ1n) is 8.00. The molecule has 0 atom stereocenters. The van der Waals surface area contributed by atoms with Crippen LogP contribution in [0.15, 0.2) is 29.3 Å². The van der Waals surface area contributed by atoms with Crippen LogP contribution in [-0.4, -0.2) is 39.2 Å². The van der Waals surface area contributed by atoms with Crippen LogP contribution in [0.4, 0.5) is 5.69 Å². The number of rotatable bonds is 7. The van der Waals surface area contributed by atoms with Gasteiger partial charge in [0.05, 0.1) is 0 Å². The van der Waals surface area contributed by atoms with E-state index in [0.717, 1.165) is 31.9 Å². The van der Waals surface area contributed by atoms with Gasteiger partial charge in [0.1, 0.15) is 0 Å². The first kappa shape index (κ1) is 19.1. The second kappa shape index (κ2) is 9.92. The van der Waals surface area contributed by atoms with E-state index in [2.05, 4.69) is 65.8 Å². The predicted octanol–water partition coefficient (Wildman–Crippen LogP) is 3.02. The first-order chi connectivity index (χ1) is 10.2. The van der Waals surface area contributed by atoms with E-state index in [9.17, 15) is 0 Å². The number of guanidine groups is 1. The molecule has 0 aliphatic heterocycles. The van der Waals surface area contributed by atoms with Gasteiger partial charge in [-0.1, -0.05) is 12.1 Å². The third-order valence-corrected chi connectivity index (χ3v) is 3.61. The summed E-state index contributed by atoms with van der Waals surface area (Å²) in [4.78, 5) is 6.77. The Morgan fingerprint density at radius 1 is 1.23 bits per heavy atom. The number of aryl methyl sites for hydroxylation is 1. The van der Waals surface area contributed by atoms with Crippen LogP contribution in [0, 0.1) is 0 Å². The van der Waals surface area contributed by atoms with Gasteiger partial charge in [-0.2, -0.15) is 0 Å². The normalized spacial score (nSPS) is 14.2. The van der Waals surface area contributed by atoms with Crippen molar-refractivity contribution >= 4 is 35.6 Å². The minimum absolute atomic E-state index is 0. The van der Waals surface area contributed by atoms with E-state index >= 15 is 0 Å². The molecule has 5 heteroatoms. The molecule has 0 unspecified atom stereocenters. The fourth-order valence-electron chi connectivity index (χ4n) is 2.18. The summed E-state index contributed by atoms with van der Waals surface area (Å²) in [6.45, 7) is 3.90. The number of hydrogen-bond donors (Lipinski definition) is 2. The summed E-state index contributed by atoms with van der Waals surface area (Å²) in [5, 5.41) is 6.75. The Morgan fingerprint density at radius 3 is 2.45 bits per heavy atom. The molecule has 0 saturated heterocycles. The van der Waals surface area contributed by atoms with Crippen molar-refractivity contribution in [3.63, 3.8) is 0 Å². The number of hydrogen-bond acceptors (Lipinski definition) is 2. The molecule has 22 heavy (non-hydrogen) atoms. The zero-order chi connectivity index (χ0) is 15.1. The molecular formula is C17H29IN4. The summed E-state index contributed by atoms with van der Waals surface area (Å²) >= 11 is 0. The topological polar surface area (TPSA) is 39.7 Å². The SMILES string of the molecule is CCNC(=NCCCc1ccc(N(C)C)cc1)NC1CC1.I. The molecule has 0 radical (unpaired) electrons. The Bertz CT molecular complexity index is 452. The molecule has 0 spiro atoms. The van der Waals surface area contributed by atoms with Crippen LogP contribution < -0.4 is 15.5 Å². The van der Waals surface area contributed by atoms with Gasteiger partial charge in [-0.15, -0.1) is 24.0 Å². The van der Waals surface area contributed by atoms with Gasteiger partial charge in [-0.25, -0.2) is 0 Å². The number of benzene rings is 1. The molecule has 1 fully saturated rings. The highest BCUT2D eigenvalue weighted by atomic mass is 127. The van der Waals surface area contributed by atoms with E-state index in [0.29, 0.717) is 6.04 Å². The third-order valence-electron chi connectivity index (χ3n) is 3.61. The second-order valence-corrected chi connectivity index (χ2v) is 5.84. The third kappa shape index (κ3) is 6.85. The maximum atomic E-state index is 4.64.